The third kappa shape index (κ3) is 3.46. The molecule has 0 spiro atoms. The Morgan fingerprint density at radius 2 is 2.00 bits per heavy atom. The summed E-state index contributed by atoms with van der Waals surface area (Å²) in [5.74, 6) is 2.12. The molecule has 9 heteroatoms. The molecule has 1 aliphatic rings. The molecule has 0 saturated heterocycles. The molecule has 5 rings (SSSR count). The second-order valence-corrected chi connectivity index (χ2v) is 7.68. The van der Waals surface area contributed by atoms with E-state index in [2.05, 4.69) is 15.2 Å². The summed E-state index contributed by atoms with van der Waals surface area (Å²) in [5, 5.41) is 7.11. The number of aryl methyl sites for hydroxylation is 1. The van der Waals surface area contributed by atoms with E-state index < -0.39 is 0 Å². The second kappa shape index (κ2) is 7.59. The van der Waals surface area contributed by atoms with Crippen LogP contribution in [-0.2, 0) is 19.5 Å². The van der Waals surface area contributed by atoms with Crippen LogP contribution in [-0.4, -0.2) is 45.4 Å². The van der Waals surface area contributed by atoms with Gasteiger partial charge in [0.2, 0.25) is 0 Å². The number of hydrogen-bond acceptors (Lipinski definition) is 7. The van der Waals surface area contributed by atoms with E-state index in [1.165, 1.54) is 4.52 Å². The van der Waals surface area contributed by atoms with Gasteiger partial charge in [0, 0.05) is 37.3 Å². The van der Waals surface area contributed by atoms with E-state index in [-0.39, 0.29) is 5.56 Å². The Bertz CT molecular complexity index is 1320. The number of rotatable bonds is 5. The first-order chi connectivity index (χ1) is 15.1. The highest BCUT2D eigenvalue weighted by molar-refractivity contribution is 5.60. The van der Waals surface area contributed by atoms with Crippen LogP contribution in [0, 0.1) is 6.92 Å². The first-order valence-corrected chi connectivity index (χ1v) is 10.1. The van der Waals surface area contributed by atoms with Gasteiger partial charge in [0.15, 0.2) is 17.1 Å². The Morgan fingerprint density at radius 1 is 1.16 bits per heavy atom. The number of aromatic amines is 1. The molecule has 1 aliphatic heterocycles. The molecule has 1 aromatic carbocycles. The Hall–Kier alpha value is -3.59. The zero-order valence-corrected chi connectivity index (χ0v) is 17.6. The maximum absolute atomic E-state index is 13.0. The number of methoxy groups -OCH3 is 2. The predicted octanol–water partition coefficient (Wildman–Crippen LogP) is 2.56. The van der Waals surface area contributed by atoms with Gasteiger partial charge in [-0.3, -0.25) is 14.8 Å². The number of H-pyrrole nitrogens is 1. The van der Waals surface area contributed by atoms with Gasteiger partial charge in [0.05, 0.1) is 25.6 Å². The molecule has 160 valence electrons. The number of benzene rings is 1. The predicted molar refractivity (Wildman–Crippen MR) is 113 cm³/mol. The van der Waals surface area contributed by atoms with Gasteiger partial charge in [0.25, 0.3) is 5.56 Å². The van der Waals surface area contributed by atoms with Crippen LogP contribution in [0.2, 0.25) is 0 Å². The molecule has 0 radical (unpaired) electrons. The number of aromatic nitrogens is 4. The molecule has 0 bridgehead atoms. The summed E-state index contributed by atoms with van der Waals surface area (Å²) in [4.78, 5) is 20.1. The van der Waals surface area contributed by atoms with E-state index in [1.807, 2.05) is 37.3 Å². The van der Waals surface area contributed by atoms with Crippen LogP contribution in [0.3, 0.4) is 0 Å². The van der Waals surface area contributed by atoms with Gasteiger partial charge in [-0.25, -0.2) is 9.50 Å². The zero-order chi connectivity index (χ0) is 21.5. The number of nitrogens with one attached hydrogen (secondary N) is 1. The first-order valence-electron chi connectivity index (χ1n) is 10.1. The monoisotopic (exact) mass is 421 g/mol. The van der Waals surface area contributed by atoms with Crippen LogP contribution in [0.5, 0.6) is 11.5 Å². The standard InChI is InChI=1S/C22H23N5O4/c1-13-8-17(25-31-13)16-10-21-23-18-12-26(7-6-15(18)22(28)27(21)24-16)11-14-4-5-19(29-2)20(9-14)30-3/h4-5,8-10,24H,6-7,11-12H2,1-3H3. The topological polar surface area (TPSA) is 97.9 Å². The molecule has 0 amide bonds. The quantitative estimate of drug-likeness (QED) is 0.529. The Labute approximate surface area is 178 Å². The van der Waals surface area contributed by atoms with Gasteiger partial charge in [-0.05, 0) is 31.0 Å². The molecule has 31 heavy (non-hydrogen) atoms. The maximum atomic E-state index is 13.0. The van der Waals surface area contributed by atoms with E-state index in [0.29, 0.717) is 47.3 Å². The average molecular weight is 421 g/mol. The van der Waals surface area contributed by atoms with Crippen molar-refractivity contribution in [2.24, 2.45) is 0 Å². The molecule has 0 aliphatic carbocycles. The summed E-state index contributed by atoms with van der Waals surface area (Å²) in [6.45, 7) is 3.95. The minimum atomic E-state index is -0.0581. The largest absolute Gasteiger partial charge is 0.493 e. The van der Waals surface area contributed by atoms with Crippen LogP contribution in [0.4, 0.5) is 0 Å². The molecule has 0 saturated carbocycles. The Balaban J connectivity index is 1.43. The number of fused-ring (bicyclic) bond motifs is 2. The summed E-state index contributed by atoms with van der Waals surface area (Å²) in [6.07, 6.45) is 0.648. The van der Waals surface area contributed by atoms with E-state index in [9.17, 15) is 4.79 Å². The SMILES string of the molecule is COc1ccc(CN2CCc3c(nc4cc(-c5cc(C)on5)[nH]n4c3=O)C2)cc1OC. The van der Waals surface area contributed by atoms with Crippen molar-refractivity contribution < 1.29 is 14.0 Å². The third-order valence-electron chi connectivity index (χ3n) is 5.60. The fraction of sp³-hybridized carbons (Fsp3) is 0.318. The molecule has 0 unspecified atom stereocenters. The third-order valence-corrected chi connectivity index (χ3v) is 5.60. The van der Waals surface area contributed by atoms with Crippen molar-refractivity contribution in [1.29, 1.82) is 0 Å². The molecule has 0 atom stereocenters. The van der Waals surface area contributed by atoms with Crippen molar-refractivity contribution in [3.05, 3.63) is 63.3 Å². The highest BCUT2D eigenvalue weighted by Gasteiger charge is 2.23. The maximum Gasteiger partial charge on any atom is 0.276 e. The lowest BCUT2D eigenvalue weighted by Crippen LogP contribution is -2.36. The molecule has 3 aromatic heterocycles. The van der Waals surface area contributed by atoms with Gasteiger partial charge in [0.1, 0.15) is 11.5 Å². The van der Waals surface area contributed by atoms with Gasteiger partial charge in [-0.2, -0.15) is 0 Å². The van der Waals surface area contributed by atoms with E-state index in [0.717, 1.165) is 29.9 Å². The van der Waals surface area contributed by atoms with Crippen LogP contribution < -0.4 is 15.0 Å². The van der Waals surface area contributed by atoms with E-state index in [4.69, 9.17) is 19.0 Å². The Morgan fingerprint density at radius 3 is 2.74 bits per heavy atom. The van der Waals surface area contributed by atoms with Crippen molar-refractivity contribution in [1.82, 2.24) is 24.7 Å². The highest BCUT2D eigenvalue weighted by Crippen LogP contribution is 2.29. The molecule has 0 fully saturated rings. The highest BCUT2D eigenvalue weighted by atomic mass is 16.5. The smallest absolute Gasteiger partial charge is 0.276 e. The van der Waals surface area contributed by atoms with Crippen molar-refractivity contribution in [3.63, 3.8) is 0 Å². The minimum Gasteiger partial charge on any atom is -0.493 e. The lowest BCUT2D eigenvalue weighted by Gasteiger charge is -2.27. The van der Waals surface area contributed by atoms with Crippen molar-refractivity contribution in [3.8, 4) is 22.9 Å². The lowest BCUT2D eigenvalue weighted by atomic mass is 10.1. The van der Waals surface area contributed by atoms with Crippen molar-refractivity contribution >= 4 is 5.65 Å². The molecule has 4 heterocycles. The van der Waals surface area contributed by atoms with Crippen molar-refractivity contribution in [2.45, 2.75) is 26.4 Å². The fourth-order valence-electron chi connectivity index (χ4n) is 4.04. The van der Waals surface area contributed by atoms with Crippen LogP contribution in [0.25, 0.3) is 17.0 Å². The molecule has 9 nitrogen and oxygen atoms in total. The number of nitrogens with zero attached hydrogens (tertiary/aromatic N) is 4. The van der Waals surface area contributed by atoms with Crippen LogP contribution in [0.1, 0.15) is 22.6 Å². The molecule has 4 aromatic rings. The first kappa shape index (κ1) is 19.4. The van der Waals surface area contributed by atoms with Gasteiger partial charge in [-0.15, -0.1) is 0 Å². The fourth-order valence-corrected chi connectivity index (χ4v) is 4.04. The van der Waals surface area contributed by atoms with Gasteiger partial charge in [-0.1, -0.05) is 11.2 Å². The minimum absolute atomic E-state index is 0.0581. The lowest BCUT2D eigenvalue weighted by molar-refractivity contribution is 0.240. The molecule has 1 N–H and O–H groups in total. The number of hydrogen-bond donors (Lipinski definition) is 1. The van der Waals surface area contributed by atoms with Crippen LogP contribution >= 0.6 is 0 Å². The molecular weight excluding hydrogens is 398 g/mol. The summed E-state index contributed by atoms with van der Waals surface area (Å²) in [7, 11) is 3.26. The summed E-state index contributed by atoms with van der Waals surface area (Å²) < 4.78 is 17.4. The van der Waals surface area contributed by atoms with Gasteiger partial charge >= 0.3 is 0 Å². The summed E-state index contributed by atoms with van der Waals surface area (Å²) in [5.41, 5.74) is 4.56. The second-order valence-electron chi connectivity index (χ2n) is 7.68. The van der Waals surface area contributed by atoms with Crippen molar-refractivity contribution in [2.75, 3.05) is 20.8 Å². The summed E-state index contributed by atoms with van der Waals surface area (Å²) in [6, 6.07) is 9.57. The van der Waals surface area contributed by atoms with E-state index in [1.54, 1.807) is 14.2 Å². The van der Waals surface area contributed by atoms with E-state index >= 15 is 0 Å². The normalized spacial score (nSPS) is 14.0. The van der Waals surface area contributed by atoms with Crippen LogP contribution in [0.15, 0.2) is 39.6 Å². The zero-order valence-electron chi connectivity index (χ0n) is 17.6. The summed E-state index contributed by atoms with van der Waals surface area (Å²) >= 11 is 0. The average Bonchev–Trinajstić information content (AvgIpc) is 3.40. The Kier molecular flexibility index (Phi) is 4.74. The molecular formula is C22H23N5O4. The number of ether oxygens (including phenoxy) is 2. The van der Waals surface area contributed by atoms with Gasteiger partial charge < -0.3 is 14.0 Å².